The van der Waals surface area contributed by atoms with E-state index in [1.54, 1.807) is 18.2 Å². The zero-order valence-corrected chi connectivity index (χ0v) is 15.1. The molecule has 0 aromatic heterocycles. The molecule has 3 N–H and O–H groups in total. The minimum absolute atomic E-state index is 0.0340. The Morgan fingerprint density at radius 1 is 1.35 bits per heavy atom. The number of nitrogen functional groups attached to an aromatic ring is 1. The molecule has 1 aliphatic heterocycles. The summed E-state index contributed by atoms with van der Waals surface area (Å²) in [7, 11) is 0. The number of hydrogen-bond donors (Lipinski definition) is 2. The second-order valence-electron chi connectivity index (χ2n) is 6.41. The van der Waals surface area contributed by atoms with Crippen molar-refractivity contribution in [2.24, 2.45) is 11.8 Å². The molecule has 1 aromatic carbocycles. The van der Waals surface area contributed by atoms with Crippen LogP contribution in [0.5, 0.6) is 5.75 Å². The quantitative estimate of drug-likeness (QED) is 0.420. The van der Waals surface area contributed by atoms with Crippen LogP contribution in [0.2, 0.25) is 0 Å². The summed E-state index contributed by atoms with van der Waals surface area (Å²) in [6, 6.07) is 4.89. The molecule has 0 amide bonds. The van der Waals surface area contributed by atoms with Crippen LogP contribution < -0.4 is 10.5 Å². The Hall–Kier alpha value is -2.32. The Morgan fingerprint density at radius 3 is 2.65 bits per heavy atom. The Morgan fingerprint density at radius 2 is 2.08 bits per heavy atom. The highest BCUT2D eigenvalue weighted by Crippen LogP contribution is 2.35. The lowest BCUT2D eigenvalue weighted by Gasteiger charge is -2.43. The lowest BCUT2D eigenvalue weighted by Crippen LogP contribution is -2.54. The zero-order valence-electron chi connectivity index (χ0n) is 15.1. The predicted molar refractivity (Wildman–Crippen MR) is 92.0 cm³/mol. The average molecular weight is 367 g/mol. The van der Waals surface area contributed by atoms with Crippen LogP contribution in [0.4, 0.5) is 5.69 Å². The Labute approximate surface area is 152 Å². The third kappa shape index (κ3) is 4.64. The van der Waals surface area contributed by atoms with Crippen molar-refractivity contribution in [1.82, 2.24) is 0 Å². The normalized spacial score (nSPS) is 28.2. The SMILES string of the molecule is CC(=O)O[C@H]1[C@H](Oc2ccc(CO)cc2N)O[C@H](COC=O)[C@@H](C)[C@@H]1C. The van der Waals surface area contributed by atoms with Crippen LogP contribution in [0, 0.1) is 11.8 Å². The first-order valence-electron chi connectivity index (χ1n) is 8.41. The Kier molecular flexibility index (Phi) is 6.82. The van der Waals surface area contributed by atoms with Crippen molar-refractivity contribution in [2.45, 2.75) is 45.9 Å². The van der Waals surface area contributed by atoms with Crippen LogP contribution in [0.3, 0.4) is 0 Å². The number of benzene rings is 1. The molecule has 2 rings (SSSR count). The lowest BCUT2D eigenvalue weighted by molar-refractivity contribution is -0.252. The van der Waals surface area contributed by atoms with Gasteiger partial charge in [0.05, 0.1) is 18.4 Å². The number of ether oxygens (including phenoxy) is 4. The molecule has 0 radical (unpaired) electrons. The van der Waals surface area contributed by atoms with Crippen LogP contribution in [0.1, 0.15) is 26.3 Å². The number of carbonyl (C=O) groups excluding carboxylic acids is 2. The highest BCUT2D eigenvalue weighted by Gasteiger charge is 2.45. The standard InChI is InChI=1S/C18H25NO7/c1-10-11(2)17(24-12(3)22)18(26-16(10)8-23-9-21)25-15-5-4-13(7-20)6-14(15)19/h4-6,9-11,16-18,20H,7-8,19H2,1-3H3/t10-,11-,16+,17+,18+/m0/s1. The fourth-order valence-electron chi connectivity index (χ4n) is 2.96. The summed E-state index contributed by atoms with van der Waals surface area (Å²) in [5.74, 6) is -0.234. The molecule has 0 bridgehead atoms. The maximum Gasteiger partial charge on any atom is 0.303 e. The van der Waals surface area contributed by atoms with Gasteiger partial charge in [0.2, 0.25) is 6.29 Å². The number of nitrogens with two attached hydrogens (primary N) is 1. The fraction of sp³-hybridized carbons (Fsp3) is 0.556. The van der Waals surface area contributed by atoms with Crippen LogP contribution in [-0.2, 0) is 30.4 Å². The van der Waals surface area contributed by atoms with Crippen molar-refractivity contribution >= 4 is 18.1 Å². The topological polar surface area (TPSA) is 117 Å². The maximum absolute atomic E-state index is 11.5. The van der Waals surface area contributed by atoms with Crippen LogP contribution >= 0.6 is 0 Å². The van der Waals surface area contributed by atoms with Crippen molar-refractivity contribution in [2.75, 3.05) is 12.3 Å². The van der Waals surface area contributed by atoms with Gasteiger partial charge >= 0.3 is 5.97 Å². The Balaban J connectivity index is 2.24. The van der Waals surface area contributed by atoms with Gasteiger partial charge in [-0.1, -0.05) is 19.9 Å². The van der Waals surface area contributed by atoms with E-state index < -0.39 is 24.5 Å². The van der Waals surface area contributed by atoms with E-state index >= 15 is 0 Å². The van der Waals surface area contributed by atoms with Gasteiger partial charge in [0.15, 0.2) is 6.10 Å². The first-order chi connectivity index (χ1) is 12.4. The monoisotopic (exact) mass is 367 g/mol. The van der Waals surface area contributed by atoms with E-state index in [4.69, 9.17) is 24.7 Å². The Bertz CT molecular complexity index is 636. The van der Waals surface area contributed by atoms with Crippen LogP contribution in [0.15, 0.2) is 18.2 Å². The second kappa shape index (κ2) is 8.86. The molecule has 1 aromatic rings. The molecule has 5 atom stereocenters. The van der Waals surface area contributed by atoms with Crippen LogP contribution in [-0.4, -0.2) is 42.7 Å². The zero-order chi connectivity index (χ0) is 19.3. The summed E-state index contributed by atoms with van der Waals surface area (Å²) in [6.45, 7) is 5.46. The molecule has 0 aliphatic carbocycles. The summed E-state index contributed by atoms with van der Waals surface area (Å²) >= 11 is 0. The number of hydrogen-bond acceptors (Lipinski definition) is 8. The van der Waals surface area contributed by atoms with Gasteiger partial charge in [-0.15, -0.1) is 0 Å². The summed E-state index contributed by atoms with van der Waals surface area (Å²) in [6.07, 6.45) is -1.97. The maximum atomic E-state index is 11.5. The number of carbonyl (C=O) groups is 2. The molecular formula is C18H25NO7. The van der Waals surface area contributed by atoms with Gasteiger partial charge in [0.25, 0.3) is 6.47 Å². The molecule has 1 heterocycles. The van der Waals surface area contributed by atoms with E-state index in [0.717, 1.165) is 0 Å². The molecule has 8 heteroatoms. The van der Waals surface area contributed by atoms with E-state index in [1.807, 2.05) is 13.8 Å². The van der Waals surface area contributed by atoms with Crippen molar-refractivity contribution in [1.29, 1.82) is 0 Å². The first kappa shape index (κ1) is 20.0. The molecule has 144 valence electrons. The third-order valence-corrected chi connectivity index (χ3v) is 4.64. The third-order valence-electron chi connectivity index (χ3n) is 4.64. The van der Waals surface area contributed by atoms with Crippen LogP contribution in [0.25, 0.3) is 0 Å². The summed E-state index contributed by atoms with van der Waals surface area (Å²) in [4.78, 5) is 22.0. The summed E-state index contributed by atoms with van der Waals surface area (Å²) < 4.78 is 22.0. The molecule has 8 nitrogen and oxygen atoms in total. The number of aliphatic hydroxyl groups excluding tert-OH is 1. The minimum Gasteiger partial charge on any atom is -0.465 e. The fourth-order valence-corrected chi connectivity index (χ4v) is 2.96. The van der Waals surface area contributed by atoms with E-state index in [0.29, 0.717) is 23.5 Å². The van der Waals surface area contributed by atoms with E-state index in [1.165, 1.54) is 6.92 Å². The highest BCUT2D eigenvalue weighted by molar-refractivity contribution is 5.66. The second-order valence-corrected chi connectivity index (χ2v) is 6.41. The van der Waals surface area contributed by atoms with Gasteiger partial charge in [-0.25, -0.2) is 0 Å². The molecule has 0 saturated carbocycles. The van der Waals surface area contributed by atoms with Gasteiger partial charge in [0, 0.05) is 12.8 Å². The molecule has 0 unspecified atom stereocenters. The molecule has 26 heavy (non-hydrogen) atoms. The first-order valence-corrected chi connectivity index (χ1v) is 8.41. The number of esters is 1. The summed E-state index contributed by atoms with van der Waals surface area (Å²) in [5, 5.41) is 9.18. The average Bonchev–Trinajstić information content (AvgIpc) is 2.61. The van der Waals surface area contributed by atoms with Gasteiger partial charge in [-0.05, 0) is 23.6 Å². The summed E-state index contributed by atoms with van der Waals surface area (Å²) in [5.41, 5.74) is 6.94. The molecule has 0 spiro atoms. The van der Waals surface area contributed by atoms with E-state index in [2.05, 4.69) is 0 Å². The minimum atomic E-state index is -0.910. The van der Waals surface area contributed by atoms with E-state index in [-0.39, 0.29) is 25.0 Å². The molecule has 1 saturated heterocycles. The number of aliphatic hydroxyl groups is 1. The number of rotatable bonds is 7. The van der Waals surface area contributed by atoms with Gasteiger partial charge in [0.1, 0.15) is 12.4 Å². The van der Waals surface area contributed by atoms with E-state index in [9.17, 15) is 14.7 Å². The van der Waals surface area contributed by atoms with Crippen molar-refractivity contribution in [3.63, 3.8) is 0 Å². The van der Waals surface area contributed by atoms with Crippen molar-refractivity contribution in [3.05, 3.63) is 23.8 Å². The highest BCUT2D eigenvalue weighted by atomic mass is 16.7. The van der Waals surface area contributed by atoms with Crippen molar-refractivity contribution in [3.8, 4) is 5.75 Å². The van der Waals surface area contributed by atoms with Gasteiger partial charge in [-0.3, -0.25) is 9.59 Å². The smallest absolute Gasteiger partial charge is 0.303 e. The lowest BCUT2D eigenvalue weighted by atomic mass is 9.83. The number of anilines is 1. The van der Waals surface area contributed by atoms with Gasteiger partial charge in [-0.2, -0.15) is 0 Å². The largest absolute Gasteiger partial charge is 0.465 e. The molecular weight excluding hydrogens is 342 g/mol. The predicted octanol–water partition coefficient (Wildman–Crippen LogP) is 1.24. The molecule has 1 fully saturated rings. The molecule has 1 aliphatic rings. The van der Waals surface area contributed by atoms with Gasteiger partial charge < -0.3 is 29.8 Å². The van der Waals surface area contributed by atoms with Crippen molar-refractivity contribution < 1.29 is 33.6 Å².